The van der Waals surface area contributed by atoms with Crippen molar-refractivity contribution in [3.63, 3.8) is 0 Å². The second-order valence-electron chi connectivity index (χ2n) is 3.42. The van der Waals surface area contributed by atoms with Gasteiger partial charge in [0.15, 0.2) is 0 Å². The molecule has 0 aliphatic rings. The van der Waals surface area contributed by atoms with Gasteiger partial charge in [0.2, 0.25) is 0 Å². The number of aromatic nitrogens is 1. The van der Waals surface area contributed by atoms with Crippen LogP contribution in [0.15, 0.2) is 16.9 Å². The Hall–Kier alpha value is -2.11. The fourth-order valence-corrected chi connectivity index (χ4v) is 1.09. The van der Waals surface area contributed by atoms with E-state index in [0.29, 0.717) is 5.69 Å². The van der Waals surface area contributed by atoms with Crippen molar-refractivity contribution in [2.45, 2.75) is 19.9 Å². The first-order chi connectivity index (χ1) is 7.41. The van der Waals surface area contributed by atoms with Crippen molar-refractivity contribution in [2.24, 2.45) is 0 Å². The molecular weight excluding hydrogens is 212 g/mol. The van der Waals surface area contributed by atoms with Gasteiger partial charge in [0, 0.05) is 5.69 Å². The maximum Gasteiger partial charge on any atom is 0.325 e. The van der Waals surface area contributed by atoms with Crippen LogP contribution in [0.3, 0.4) is 0 Å². The molecule has 0 radical (unpaired) electrons. The number of carboxylic acid groups (broad SMARTS) is 1. The number of pyridine rings is 1. The number of aliphatic carboxylic acids is 1. The summed E-state index contributed by atoms with van der Waals surface area (Å²) >= 11 is 0. The topological polar surface area (TPSA) is 99.3 Å². The fraction of sp³-hybridized carbons (Fsp3) is 0.300. The van der Waals surface area contributed by atoms with Gasteiger partial charge in [0.1, 0.15) is 11.6 Å². The van der Waals surface area contributed by atoms with Crippen LogP contribution in [0.4, 0.5) is 0 Å². The molecular formula is C10H12N2O4. The molecule has 0 saturated heterocycles. The van der Waals surface area contributed by atoms with E-state index in [0.717, 1.165) is 0 Å². The van der Waals surface area contributed by atoms with Gasteiger partial charge in [-0.3, -0.25) is 14.4 Å². The third kappa shape index (κ3) is 2.69. The number of rotatable bonds is 3. The molecule has 86 valence electrons. The van der Waals surface area contributed by atoms with E-state index in [-0.39, 0.29) is 5.56 Å². The van der Waals surface area contributed by atoms with Gasteiger partial charge < -0.3 is 15.4 Å². The monoisotopic (exact) mass is 224 g/mol. The van der Waals surface area contributed by atoms with Crippen molar-refractivity contribution in [2.75, 3.05) is 0 Å². The van der Waals surface area contributed by atoms with Gasteiger partial charge in [0.05, 0.1) is 0 Å². The lowest BCUT2D eigenvalue weighted by atomic mass is 10.2. The Balaban J connectivity index is 2.89. The van der Waals surface area contributed by atoms with E-state index in [4.69, 9.17) is 5.11 Å². The van der Waals surface area contributed by atoms with Gasteiger partial charge in [-0.2, -0.15) is 0 Å². The predicted octanol–water partition coefficient (Wildman–Crippen LogP) is -0.114. The number of aryl methyl sites for hydroxylation is 1. The molecule has 16 heavy (non-hydrogen) atoms. The number of carbonyl (C=O) groups excluding carboxylic acids is 1. The summed E-state index contributed by atoms with van der Waals surface area (Å²) < 4.78 is 0. The summed E-state index contributed by atoms with van der Waals surface area (Å²) in [5.74, 6) is -1.85. The lowest BCUT2D eigenvalue weighted by Gasteiger charge is -2.08. The zero-order valence-corrected chi connectivity index (χ0v) is 8.90. The molecule has 1 heterocycles. The van der Waals surface area contributed by atoms with E-state index in [1.54, 1.807) is 13.0 Å². The average molecular weight is 224 g/mol. The maximum atomic E-state index is 11.5. The molecule has 0 aliphatic carbocycles. The standard InChI is InChI=1S/C10H12N2O4/c1-5-3-4-7(8(13)11-5)9(14)12-6(2)10(15)16/h3-4,6H,1-2H3,(H,11,13)(H,12,14)(H,15,16)/t6-/m1/s1. The quantitative estimate of drug-likeness (QED) is 0.666. The summed E-state index contributed by atoms with van der Waals surface area (Å²) in [6.07, 6.45) is 0. The van der Waals surface area contributed by atoms with Crippen LogP contribution in [0.2, 0.25) is 0 Å². The number of carboxylic acids is 1. The minimum Gasteiger partial charge on any atom is -0.480 e. The number of amides is 1. The maximum absolute atomic E-state index is 11.5. The second kappa shape index (κ2) is 4.61. The van der Waals surface area contributed by atoms with Gasteiger partial charge in [-0.05, 0) is 26.0 Å². The minimum atomic E-state index is -1.16. The average Bonchev–Trinajstić information content (AvgIpc) is 2.16. The Labute approximate surface area is 91.3 Å². The van der Waals surface area contributed by atoms with Gasteiger partial charge in [0.25, 0.3) is 11.5 Å². The third-order valence-electron chi connectivity index (χ3n) is 2.02. The zero-order valence-electron chi connectivity index (χ0n) is 8.90. The van der Waals surface area contributed by atoms with Crippen molar-refractivity contribution in [1.82, 2.24) is 10.3 Å². The van der Waals surface area contributed by atoms with Gasteiger partial charge >= 0.3 is 5.97 Å². The van der Waals surface area contributed by atoms with Gasteiger partial charge in [-0.25, -0.2) is 0 Å². The normalized spacial score (nSPS) is 11.9. The molecule has 1 atom stereocenters. The molecule has 1 amide bonds. The highest BCUT2D eigenvalue weighted by Gasteiger charge is 2.17. The summed E-state index contributed by atoms with van der Waals surface area (Å²) in [7, 11) is 0. The highest BCUT2D eigenvalue weighted by atomic mass is 16.4. The number of nitrogens with one attached hydrogen (secondary N) is 2. The van der Waals surface area contributed by atoms with Crippen LogP contribution < -0.4 is 10.9 Å². The SMILES string of the molecule is Cc1ccc(C(=O)N[C@H](C)C(=O)O)c(=O)[nH]1. The van der Waals surface area contributed by atoms with E-state index >= 15 is 0 Å². The Kier molecular flexibility index (Phi) is 3.44. The summed E-state index contributed by atoms with van der Waals surface area (Å²) in [6, 6.07) is 1.90. The zero-order chi connectivity index (χ0) is 12.3. The first-order valence-corrected chi connectivity index (χ1v) is 4.65. The highest BCUT2D eigenvalue weighted by Crippen LogP contribution is 1.94. The van der Waals surface area contributed by atoms with Crippen LogP contribution in [-0.2, 0) is 4.79 Å². The summed E-state index contributed by atoms with van der Waals surface area (Å²) in [5.41, 5.74) is 0.00150. The molecule has 0 aromatic carbocycles. The van der Waals surface area contributed by atoms with Crippen LogP contribution in [0, 0.1) is 6.92 Å². The Morgan fingerprint density at radius 3 is 2.56 bits per heavy atom. The third-order valence-corrected chi connectivity index (χ3v) is 2.02. The van der Waals surface area contributed by atoms with Gasteiger partial charge in [-0.15, -0.1) is 0 Å². The lowest BCUT2D eigenvalue weighted by molar-refractivity contribution is -0.138. The molecule has 1 rings (SSSR count). The van der Waals surface area contributed by atoms with E-state index < -0.39 is 23.5 Å². The number of hydrogen-bond donors (Lipinski definition) is 3. The highest BCUT2D eigenvalue weighted by molar-refractivity contribution is 5.96. The molecule has 0 unspecified atom stereocenters. The number of H-pyrrole nitrogens is 1. The summed E-state index contributed by atoms with van der Waals surface area (Å²) in [5, 5.41) is 10.8. The Morgan fingerprint density at radius 1 is 1.44 bits per heavy atom. The minimum absolute atomic E-state index is 0.0984. The molecule has 3 N–H and O–H groups in total. The molecule has 1 aromatic heterocycles. The van der Waals surface area contributed by atoms with Crippen LogP contribution in [-0.4, -0.2) is 28.0 Å². The van der Waals surface area contributed by atoms with Crippen LogP contribution in [0.25, 0.3) is 0 Å². The summed E-state index contributed by atoms with van der Waals surface area (Å²) in [4.78, 5) is 35.8. The molecule has 0 fully saturated rings. The number of aromatic amines is 1. The van der Waals surface area contributed by atoms with E-state index in [9.17, 15) is 14.4 Å². The smallest absolute Gasteiger partial charge is 0.325 e. The van der Waals surface area contributed by atoms with Crippen molar-refractivity contribution < 1.29 is 14.7 Å². The summed E-state index contributed by atoms with van der Waals surface area (Å²) in [6.45, 7) is 3.01. The molecule has 0 spiro atoms. The van der Waals surface area contributed by atoms with Crippen molar-refractivity contribution in [1.29, 1.82) is 0 Å². The van der Waals surface area contributed by atoms with E-state index in [1.807, 2.05) is 0 Å². The number of carbonyl (C=O) groups is 2. The van der Waals surface area contributed by atoms with Crippen LogP contribution in [0.5, 0.6) is 0 Å². The van der Waals surface area contributed by atoms with Crippen molar-refractivity contribution in [3.8, 4) is 0 Å². The van der Waals surface area contributed by atoms with Crippen molar-refractivity contribution in [3.05, 3.63) is 33.7 Å². The predicted molar refractivity (Wildman–Crippen MR) is 56.4 cm³/mol. The first kappa shape index (κ1) is 12.0. The lowest BCUT2D eigenvalue weighted by Crippen LogP contribution is -2.40. The van der Waals surface area contributed by atoms with Crippen molar-refractivity contribution >= 4 is 11.9 Å². The first-order valence-electron chi connectivity index (χ1n) is 4.65. The molecule has 0 saturated carbocycles. The fourth-order valence-electron chi connectivity index (χ4n) is 1.09. The Bertz CT molecular complexity index is 478. The largest absolute Gasteiger partial charge is 0.480 e. The molecule has 6 heteroatoms. The van der Waals surface area contributed by atoms with Crippen LogP contribution >= 0.6 is 0 Å². The van der Waals surface area contributed by atoms with Gasteiger partial charge in [-0.1, -0.05) is 0 Å². The van der Waals surface area contributed by atoms with E-state index in [1.165, 1.54) is 13.0 Å². The second-order valence-corrected chi connectivity index (χ2v) is 3.42. The van der Waals surface area contributed by atoms with Crippen LogP contribution in [0.1, 0.15) is 23.0 Å². The molecule has 1 aromatic rings. The molecule has 6 nitrogen and oxygen atoms in total. The number of hydrogen-bond acceptors (Lipinski definition) is 3. The van der Waals surface area contributed by atoms with E-state index in [2.05, 4.69) is 10.3 Å². The Morgan fingerprint density at radius 2 is 2.06 bits per heavy atom. The molecule has 0 aliphatic heterocycles. The molecule has 0 bridgehead atoms.